The molecule has 0 spiro atoms. The number of carboxylic acids is 1. The van der Waals surface area contributed by atoms with Crippen LogP contribution in [0, 0.1) is 18.3 Å². The fraction of sp³-hybridized carbons (Fsp3) is 0.469. The lowest BCUT2D eigenvalue weighted by molar-refractivity contribution is -0.275. The lowest BCUT2D eigenvalue weighted by Crippen LogP contribution is -2.38. The number of para-hydroxylation sites is 1. The van der Waals surface area contributed by atoms with Gasteiger partial charge in [0.2, 0.25) is 0 Å². The van der Waals surface area contributed by atoms with E-state index < -0.39 is 17.7 Å². The highest BCUT2D eigenvalue weighted by atomic mass is 79.9. The highest BCUT2D eigenvalue weighted by molar-refractivity contribution is 9.10. The fourth-order valence-electron chi connectivity index (χ4n) is 5.90. The molecule has 1 amide bonds. The van der Waals surface area contributed by atoms with Crippen LogP contribution in [-0.4, -0.2) is 48.0 Å². The van der Waals surface area contributed by atoms with Gasteiger partial charge in [-0.05, 0) is 80.2 Å². The number of pyridine rings is 1. The molecule has 1 atom stereocenters. The Balaban J connectivity index is 1.63. The third-order valence-corrected chi connectivity index (χ3v) is 8.71. The molecule has 1 unspecified atom stereocenters. The number of aliphatic carboxylic acids is 1. The van der Waals surface area contributed by atoms with E-state index in [0.717, 1.165) is 48.2 Å². The van der Waals surface area contributed by atoms with Crippen molar-refractivity contribution in [3.05, 3.63) is 63.6 Å². The summed E-state index contributed by atoms with van der Waals surface area (Å²) in [5, 5.41) is 13.2. The maximum absolute atomic E-state index is 13.9. The van der Waals surface area contributed by atoms with Crippen LogP contribution in [-0.2, 0) is 11.2 Å². The maximum Gasteiger partial charge on any atom is 0.573 e. The van der Waals surface area contributed by atoms with Gasteiger partial charge in [0.25, 0.3) is 5.91 Å². The first kappa shape index (κ1) is 32.6. The molecule has 1 saturated heterocycles. The number of rotatable bonds is 11. The minimum Gasteiger partial charge on any atom is -0.481 e. The summed E-state index contributed by atoms with van der Waals surface area (Å²) in [6.07, 6.45) is -1.31. The number of anilines is 1. The lowest BCUT2D eigenvalue weighted by Gasteiger charge is -2.35. The van der Waals surface area contributed by atoms with Crippen molar-refractivity contribution in [1.29, 1.82) is 0 Å². The molecule has 1 fully saturated rings. The Morgan fingerprint density at radius 1 is 1.12 bits per heavy atom. The van der Waals surface area contributed by atoms with Crippen LogP contribution in [0.25, 0.3) is 10.9 Å². The van der Waals surface area contributed by atoms with Crippen LogP contribution in [0.15, 0.2) is 46.9 Å². The normalized spacial score (nSPS) is 14.9. The topological polar surface area (TPSA) is 91.8 Å². The molecule has 2 heterocycles. The number of hydrogen-bond donors (Lipinski definition) is 2. The van der Waals surface area contributed by atoms with Crippen LogP contribution in [0.3, 0.4) is 0 Å². The number of aromatic nitrogens is 1. The molecule has 232 valence electrons. The lowest BCUT2D eigenvalue weighted by atomic mass is 9.72. The first-order chi connectivity index (χ1) is 20.2. The van der Waals surface area contributed by atoms with E-state index in [-0.39, 0.29) is 43.4 Å². The highest BCUT2D eigenvalue weighted by Gasteiger charge is 2.35. The van der Waals surface area contributed by atoms with Gasteiger partial charge in [-0.25, -0.2) is 4.98 Å². The van der Waals surface area contributed by atoms with E-state index in [0.29, 0.717) is 22.0 Å². The molecule has 0 radical (unpaired) electrons. The average molecular weight is 665 g/mol. The minimum atomic E-state index is -4.84. The Hall–Kier alpha value is -3.34. The first-order valence-electron chi connectivity index (χ1n) is 14.4. The van der Waals surface area contributed by atoms with Crippen LogP contribution in [0.5, 0.6) is 5.75 Å². The molecule has 2 aromatic carbocycles. The Morgan fingerprint density at radius 2 is 1.81 bits per heavy atom. The van der Waals surface area contributed by atoms with Crippen molar-refractivity contribution in [1.82, 2.24) is 10.3 Å². The van der Waals surface area contributed by atoms with Crippen molar-refractivity contribution < 1.29 is 32.6 Å². The second kappa shape index (κ2) is 13.5. The monoisotopic (exact) mass is 663 g/mol. The maximum atomic E-state index is 13.9. The van der Waals surface area contributed by atoms with Crippen LogP contribution in [0.1, 0.15) is 67.4 Å². The predicted octanol–water partition coefficient (Wildman–Crippen LogP) is 7.67. The Bertz CT molecular complexity index is 1470. The molecule has 1 aliphatic rings. The number of nitrogens with one attached hydrogen (secondary N) is 1. The number of hydrogen-bond acceptors (Lipinski definition) is 5. The number of nitrogens with zero attached hydrogens (tertiary/aromatic N) is 2. The predicted molar refractivity (Wildman–Crippen MR) is 164 cm³/mol. The van der Waals surface area contributed by atoms with Gasteiger partial charge in [0.1, 0.15) is 11.6 Å². The first-order valence-corrected chi connectivity index (χ1v) is 15.2. The smallest absolute Gasteiger partial charge is 0.481 e. The van der Waals surface area contributed by atoms with Gasteiger partial charge in [-0.3, -0.25) is 9.59 Å². The van der Waals surface area contributed by atoms with Gasteiger partial charge in [0.05, 0.1) is 11.1 Å². The van der Waals surface area contributed by atoms with E-state index in [1.807, 2.05) is 39.0 Å². The molecule has 0 aliphatic carbocycles. The van der Waals surface area contributed by atoms with Gasteiger partial charge in [-0.1, -0.05) is 48.0 Å². The van der Waals surface area contributed by atoms with E-state index in [4.69, 9.17) is 4.98 Å². The van der Waals surface area contributed by atoms with Crippen molar-refractivity contribution in [2.45, 2.75) is 65.7 Å². The summed E-state index contributed by atoms with van der Waals surface area (Å²) in [5.74, 6) is -1.17. The van der Waals surface area contributed by atoms with Crippen molar-refractivity contribution >= 4 is 44.5 Å². The molecule has 0 bridgehead atoms. The van der Waals surface area contributed by atoms with Gasteiger partial charge in [-0.2, -0.15) is 0 Å². The summed E-state index contributed by atoms with van der Waals surface area (Å²) >= 11 is 3.51. The van der Waals surface area contributed by atoms with E-state index in [2.05, 4.69) is 30.9 Å². The molecule has 1 aliphatic heterocycles. The zero-order valence-electron chi connectivity index (χ0n) is 24.6. The third-order valence-electron chi connectivity index (χ3n) is 8.21. The minimum absolute atomic E-state index is 0.137. The number of carbonyl (C=O) groups is 2. The quantitative estimate of drug-likeness (QED) is 0.219. The molecule has 4 rings (SSSR count). The van der Waals surface area contributed by atoms with E-state index in [1.54, 1.807) is 12.1 Å². The number of amides is 1. The molecule has 7 nitrogen and oxygen atoms in total. The summed E-state index contributed by atoms with van der Waals surface area (Å²) in [7, 11) is 0. The number of benzene rings is 2. The van der Waals surface area contributed by atoms with Crippen LogP contribution in [0.2, 0.25) is 0 Å². The standard InChI is InChI=1S/C32H37BrF3N3O4/c1-20-28(24-17-23(33)12-13-25(24)38-29(20)39-15-7-4-8-16-39)30(42)37-19-22(11-14-27(40)41)31(2,3)18-21-9-5-6-10-26(21)43-32(34,35)36/h5-6,9-10,12-13,17,22H,4,7-8,11,14-16,18-19H2,1-3H3,(H,37,42)(H,40,41). The second-order valence-electron chi connectivity index (χ2n) is 11.8. The van der Waals surface area contributed by atoms with Gasteiger partial charge in [0.15, 0.2) is 0 Å². The molecule has 43 heavy (non-hydrogen) atoms. The number of carbonyl (C=O) groups excluding carboxylic acids is 1. The number of fused-ring (bicyclic) bond motifs is 1. The SMILES string of the molecule is Cc1c(N2CCCCC2)nc2ccc(Br)cc2c1C(=O)NCC(CCC(=O)O)C(C)(C)Cc1ccccc1OC(F)(F)F. The Labute approximate surface area is 257 Å². The van der Waals surface area contributed by atoms with Crippen molar-refractivity contribution in [2.75, 3.05) is 24.5 Å². The molecule has 11 heteroatoms. The molecule has 3 aromatic rings. The van der Waals surface area contributed by atoms with Crippen molar-refractivity contribution in [3.63, 3.8) is 0 Å². The van der Waals surface area contributed by atoms with Gasteiger partial charge in [-0.15, -0.1) is 13.2 Å². The van der Waals surface area contributed by atoms with Gasteiger partial charge >= 0.3 is 12.3 Å². The number of alkyl halides is 3. The summed E-state index contributed by atoms with van der Waals surface area (Å²) < 4.78 is 44.3. The summed E-state index contributed by atoms with van der Waals surface area (Å²) in [6, 6.07) is 11.6. The average Bonchev–Trinajstić information content (AvgIpc) is 2.93. The molecule has 2 N–H and O–H groups in total. The molecule has 1 aromatic heterocycles. The molecular formula is C32H37BrF3N3O4. The zero-order chi connectivity index (χ0) is 31.4. The summed E-state index contributed by atoms with van der Waals surface area (Å²) in [5.41, 5.74) is 1.63. The van der Waals surface area contributed by atoms with Gasteiger partial charge in [0, 0.05) is 41.5 Å². The summed E-state index contributed by atoms with van der Waals surface area (Å²) in [4.78, 5) is 32.6. The molecular weight excluding hydrogens is 627 g/mol. The zero-order valence-corrected chi connectivity index (χ0v) is 26.1. The fourth-order valence-corrected chi connectivity index (χ4v) is 6.27. The summed E-state index contributed by atoms with van der Waals surface area (Å²) in [6.45, 7) is 7.50. The number of ether oxygens (including phenoxy) is 1. The third kappa shape index (κ3) is 8.40. The Morgan fingerprint density at radius 3 is 2.49 bits per heavy atom. The van der Waals surface area contributed by atoms with Crippen LogP contribution in [0.4, 0.5) is 19.0 Å². The number of piperidine rings is 1. The molecule has 0 saturated carbocycles. The number of halogens is 4. The van der Waals surface area contributed by atoms with Crippen LogP contribution >= 0.6 is 15.9 Å². The van der Waals surface area contributed by atoms with E-state index in [9.17, 15) is 27.9 Å². The van der Waals surface area contributed by atoms with Gasteiger partial charge < -0.3 is 20.1 Å². The van der Waals surface area contributed by atoms with Crippen molar-refractivity contribution in [2.24, 2.45) is 11.3 Å². The van der Waals surface area contributed by atoms with Crippen molar-refractivity contribution in [3.8, 4) is 5.75 Å². The van der Waals surface area contributed by atoms with Crippen LogP contribution < -0.4 is 15.0 Å². The largest absolute Gasteiger partial charge is 0.573 e. The van der Waals surface area contributed by atoms with E-state index in [1.165, 1.54) is 12.1 Å². The second-order valence-corrected chi connectivity index (χ2v) is 12.7. The highest BCUT2D eigenvalue weighted by Crippen LogP contribution is 2.38. The number of carboxylic acid groups (broad SMARTS) is 1. The van der Waals surface area contributed by atoms with E-state index >= 15 is 0 Å². The Kier molecular flexibility index (Phi) is 10.2.